The van der Waals surface area contributed by atoms with Crippen molar-refractivity contribution in [2.75, 3.05) is 19.6 Å². The number of carbonyl (C=O) groups excluding carboxylic acids is 8. The van der Waals surface area contributed by atoms with Gasteiger partial charge in [-0.3, -0.25) is 43.3 Å². The molecule has 0 radical (unpaired) electrons. The van der Waals surface area contributed by atoms with E-state index in [1.54, 1.807) is 36.5 Å². The maximum absolute atomic E-state index is 14.1. The van der Waals surface area contributed by atoms with E-state index in [1.165, 1.54) is 13.8 Å². The number of carbonyl (C=O) groups is 8. The highest BCUT2D eigenvalue weighted by Gasteiger charge is 2.32. The lowest BCUT2D eigenvalue weighted by atomic mass is 10.0. The molecule has 16 N–H and O–H groups in total. The third kappa shape index (κ3) is 17.4. The van der Waals surface area contributed by atoms with E-state index in [-0.39, 0.29) is 51.2 Å². The SMILES string of the molecule is CCCC[C@H](NC(C)=O)C(=O)NCC(=O)N[C@@H](CCN)C(=O)NC(Cc1ccccc1)C(=O)N[C@@H](CCCN=C(N)N)C(=O)NC(C)C(=O)N[C@@H](Cc1c[nH]c2ccccc12)C(N)=O. The Balaban J connectivity index is 1.76. The Hall–Kier alpha value is -7.03. The molecular weight excluding hydrogens is 827 g/mol. The lowest BCUT2D eigenvalue weighted by Gasteiger charge is -2.26. The normalized spacial score (nSPS) is 13.7. The number of primary amides is 1. The molecule has 2 unspecified atom stereocenters. The Morgan fingerprint density at radius 2 is 1.25 bits per heavy atom. The van der Waals surface area contributed by atoms with Crippen molar-refractivity contribution < 1.29 is 38.4 Å². The Bertz CT molecular complexity index is 2090. The number of nitrogens with two attached hydrogens (primary N) is 4. The van der Waals surface area contributed by atoms with Gasteiger partial charge in [0.05, 0.1) is 6.54 Å². The van der Waals surface area contributed by atoms with Crippen molar-refractivity contribution in [1.29, 1.82) is 0 Å². The zero-order valence-electron chi connectivity index (χ0n) is 36.5. The number of unbranched alkanes of at least 4 members (excludes halogenated alkanes) is 1. The Labute approximate surface area is 371 Å². The van der Waals surface area contributed by atoms with Gasteiger partial charge in [0.2, 0.25) is 47.3 Å². The first-order valence-electron chi connectivity index (χ1n) is 21.2. The van der Waals surface area contributed by atoms with Crippen LogP contribution in [-0.4, -0.2) is 114 Å². The van der Waals surface area contributed by atoms with Gasteiger partial charge >= 0.3 is 0 Å². The van der Waals surface area contributed by atoms with Gasteiger partial charge in [-0.15, -0.1) is 0 Å². The lowest BCUT2D eigenvalue weighted by Crippen LogP contribution is -2.59. The van der Waals surface area contributed by atoms with Gasteiger partial charge in [0, 0.05) is 43.4 Å². The van der Waals surface area contributed by atoms with Crippen molar-refractivity contribution >= 4 is 64.1 Å². The third-order valence-corrected chi connectivity index (χ3v) is 10.1. The number of fused-ring (bicyclic) bond motifs is 1. The van der Waals surface area contributed by atoms with Crippen molar-refractivity contribution in [3.05, 3.63) is 71.9 Å². The summed E-state index contributed by atoms with van der Waals surface area (Å²) in [5, 5.41) is 19.0. The predicted molar refractivity (Wildman–Crippen MR) is 240 cm³/mol. The van der Waals surface area contributed by atoms with Crippen LogP contribution in [0.4, 0.5) is 0 Å². The van der Waals surface area contributed by atoms with Crippen LogP contribution < -0.4 is 60.2 Å². The zero-order valence-corrected chi connectivity index (χ0v) is 36.5. The molecule has 8 amide bonds. The molecule has 0 bridgehead atoms. The van der Waals surface area contributed by atoms with Gasteiger partial charge in [0.1, 0.15) is 36.3 Å². The monoisotopic (exact) mass is 889 g/mol. The number of rotatable bonds is 27. The van der Waals surface area contributed by atoms with Gasteiger partial charge in [-0.1, -0.05) is 68.3 Å². The van der Waals surface area contributed by atoms with E-state index >= 15 is 0 Å². The summed E-state index contributed by atoms with van der Waals surface area (Å²) < 4.78 is 0. The number of aromatic nitrogens is 1. The summed E-state index contributed by atoms with van der Waals surface area (Å²) in [5.41, 5.74) is 24.7. The van der Waals surface area contributed by atoms with Crippen LogP contribution >= 0.6 is 0 Å². The number of H-pyrrole nitrogens is 1. The first kappa shape index (κ1) is 51.3. The summed E-state index contributed by atoms with van der Waals surface area (Å²) in [4.78, 5) is 112. The van der Waals surface area contributed by atoms with Crippen LogP contribution in [0.5, 0.6) is 0 Å². The highest BCUT2D eigenvalue weighted by Crippen LogP contribution is 2.19. The summed E-state index contributed by atoms with van der Waals surface area (Å²) >= 11 is 0. The van der Waals surface area contributed by atoms with E-state index in [4.69, 9.17) is 22.9 Å². The molecule has 0 saturated heterocycles. The molecule has 348 valence electrons. The molecule has 21 nitrogen and oxygen atoms in total. The molecule has 0 aliphatic heterocycles. The average molecular weight is 890 g/mol. The number of aliphatic imine (C=N–C) groups is 1. The van der Waals surface area contributed by atoms with Gasteiger partial charge in [-0.05, 0) is 56.3 Å². The average Bonchev–Trinajstić information content (AvgIpc) is 3.66. The molecule has 1 aromatic heterocycles. The number of hydrogen-bond donors (Lipinski definition) is 12. The number of nitrogens with one attached hydrogen (secondary N) is 8. The number of amides is 8. The number of para-hydroxylation sites is 1. The standard InChI is InChI=1S/C43H63N13O8/c1-4-5-15-31(52-26(3)57)39(61)50-24-36(58)53-33(18-19-44)41(63)56-35(21-27-12-7-6-8-13-27)42(64)54-32(17-11-20-48-43(46)47)40(62)51-25(2)38(60)55-34(37(45)59)22-28-23-49-30-16-10-9-14-29(28)30/h6-10,12-14,16,23,25,31-35,49H,4-5,11,15,17-22,24,44H2,1-3H3,(H2,45,59)(H,50,61)(H,51,62)(H,52,57)(H,53,58)(H,54,64)(H,55,60)(H,56,63)(H4,46,47,48)/t25?,31-,32-,33-,34-,35?/m0/s1. The third-order valence-electron chi connectivity index (χ3n) is 10.1. The molecule has 1 heterocycles. The quantitative estimate of drug-likeness (QED) is 0.0228. The molecule has 0 spiro atoms. The van der Waals surface area contributed by atoms with Crippen molar-refractivity contribution in [2.45, 2.75) is 108 Å². The van der Waals surface area contributed by atoms with Crippen LogP contribution in [0.2, 0.25) is 0 Å². The highest BCUT2D eigenvalue weighted by molar-refractivity contribution is 5.97. The van der Waals surface area contributed by atoms with E-state index in [2.05, 4.69) is 47.2 Å². The Morgan fingerprint density at radius 3 is 1.91 bits per heavy atom. The second-order valence-electron chi connectivity index (χ2n) is 15.3. The smallest absolute Gasteiger partial charge is 0.243 e. The number of benzene rings is 2. The summed E-state index contributed by atoms with van der Waals surface area (Å²) in [5.74, 6) is -5.68. The van der Waals surface area contributed by atoms with E-state index in [9.17, 15) is 38.4 Å². The largest absolute Gasteiger partial charge is 0.370 e. The summed E-state index contributed by atoms with van der Waals surface area (Å²) in [6.07, 6.45) is 3.75. The molecule has 0 saturated carbocycles. The Kier molecular flexibility index (Phi) is 21.2. The van der Waals surface area contributed by atoms with Gasteiger partial charge in [-0.25, -0.2) is 0 Å². The second kappa shape index (κ2) is 26.4. The second-order valence-corrected chi connectivity index (χ2v) is 15.3. The molecule has 3 rings (SSSR count). The van der Waals surface area contributed by atoms with Gasteiger partial charge in [0.15, 0.2) is 5.96 Å². The fourth-order valence-electron chi connectivity index (χ4n) is 6.69. The van der Waals surface area contributed by atoms with Crippen molar-refractivity contribution in [3.8, 4) is 0 Å². The molecule has 64 heavy (non-hydrogen) atoms. The van der Waals surface area contributed by atoms with Crippen molar-refractivity contribution in [3.63, 3.8) is 0 Å². The lowest BCUT2D eigenvalue weighted by molar-refractivity contribution is -0.135. The van der Waals surface area contributed by atoms with Crippen LogP contribution in [0, 0.1) is 0 Å². The fourth-order valence-corrected chi connectivity index (χ4v) is 6.69. The summed E-state index contributed by atoms with van der Waals surface area (Å²) in [6, 6.07) is 9.19. The zero-order chi connectivity index (χ0) is 47.2. The maximum atomic E-state index is 14.1. The maximum Gasteiger partial charge on any atom is 0.243 e. The van der Waals surface area contributed by atoms with Crippen LogP contribution in [0.15, 0.2) is 65.8 Å². The minimum atomic E-state index is -1.29. The minimum Gasteiger partial charge on any atom is -0.370 e. The van der Waals surface area contributed by atoms with Gasteiger partial charge < -0.3 is 65.1 Å². The van der Waals surface area contributed by atoms with Crippen LogP contribution in [0.1, 0.15) is 70.4 Å². The Morgan fingerprint density at radius 1 is 0.656 bits per heavy atom. The molecule has 2 aromatic carbocycles. The highest BCUT2D eigenvalue weighted by atomic mass is 16.2. The number of hydrogen-bond acceptors (Lipinski definition) is 10. The van der Waals surface area contributed by atoms with Crippen LogP contribution in [-0.2, 0) is 51.2 Å². The first-order chi connectivity index (χ1) is 30.5. The van der Waals surface area contributed by atoms with E-state index in [0.29, 0.717) is 18.4 Å². The minimum absolute atomic E-state index is 0.00200. The summed E-state index contributed by atoms with van der Waals surface area (Å²) in [7, 11) is 0. The van der Waals surface area contributed by atoms with Crippen LogP contribution in [0.3, 0.4) is 0 Å². The van der Waals surface area contributed by atoms with Gasteiger partial charge in [0.25, 0.3) is 0 Å². The van der Waals surface area contributed by atoms with E-state index in [1.807, 2.05) is 31.2 Å². The van der Waals surface area contributed by atoms with Gasteiger partial charge in [-0.2, -0.15) is 0 Å². The molecule has 21 heteroatoms. The molecule has 3 aromatic rings. The molecule has 6 atom stereocenters. The van der Waals surface area contributed by atoms with E-state index in [0.717, 1.165) is 22.9 Å². The van der Waals surface area contributed by atoms with Crippen molar-refractivity contribution in [2.24, 2.45) is 27.9 Å². The van der Waals surface area contributed by atoms with E-state index < -0.39 is 90.1 Å². The molecule has 0 aliphatic carbocycles. The predicted octanol–water partition coefficient (Wildman–Crippen LogP) is -1.90. The molecule has 0 aliphatic rings. The van der Waals surface area contributed by atoms with Crippen molar-refractivity contribution in [1.82, 2.24) is 42.2 Å². The fraction of sp³-hybridized carbons (Fsp3) is 0.465. The number of aromatic amines is 1. The number of guanidine groups is 1. The van der Waals surface area contributed by atoms with Crippen LogP contribution in [0.25, 0.3) is 10.9 Å². The molecular formula is C43H63N13O8. The molecule has 0 fully saturated rings. The number of nitrogens with zero attached hydrogens (tertiary/aromatic N) is 1. The topological polar surface area (TPSA) is 353 Å². The first-order valence-corrected chi connectivity index (χ1v) is 21.2. The summed E-state index contributed by atoms with van der Waals surface area (Å²) in [6.45, 7) is 4.17.